The van der Waals surface area contributed by atoms with Crippen molar-refractivity contribution < 1.29 is 24.2 Å². The van der Waals surface area contributed by atoms with E-state index in [9.17, 15) is 0 Å². The SMILES string of the molecule is CC(C)([C](=[Zr+2])C(C)(C)c1ccccc1)c1ccccc1.Cc1[c-]c2c(cc1C(C)(C)C)-c1cc(C(C)(C)C)c(C)cc1C2.Cl.Cl.[C-]1=CC=CC1. The molecule has 0 aliphatic heterocycles. The molecule has 0 aromatic heterocycles. The van der Waals surface area contributed by atoms with E-state index in [1.807, 2.05) is 12.2 Å². The Labute approximate surface area is 332 Å². The molecule has 0 spiro atoms. The van der Waals surface area contributed by atoms with Gasteiger partial charge >= 0.3 is 138 Å². The van der Waals surface area contributed by atoms with Crippen LogP contribution in [0.1, 0.15) is 120 Å². The van der Waals surface area contributed by atoms with Crippen LogP contribution in [0.3, 0.4) is 0 Å². The van der Waals surface area contributed by atoms with Crippen LogP contribution >= 0.6 is 24.8 Å². The molecule has 0 atom stereocenters. The number of benzene rings is 4. The van der Waals surface area contributed by atoms with Gasteiger partial charge in [-0.2, -0.15) is 23.8 Å². The van der Waals surface area contributed by atoms with Gasteiger partial charge in [0.1, 0.15) is 0 Å². The van der Waals surface area contributed by atoms with Crippen LogP contribution in [0.5, 0.6) is 0 Å². The largest absolute Gasteiger partial charge is 0.273 e. The Morgan fingerprint density at radius 2 is 1.12 bits per heavy atom. The smallest absolute Gasteiger partial charge is 0.0129 e. The van der Waals surface area contributed by atoms with Crippen LogP contribution in [0, 0.1) is 26.0 Å². The predicted molar refractivity (Wildman–Crippen MR) is 220 cm³/mol. The quantitative estimate of drug-likeness (QED) is 0.159. The van der Waals surface area contributed by atoms with Crippen molar-refractivity contribution in [3.63, 3.8) is 0 Å². The fraction of sp³-hybridized carbons (Fsp3) is 0.383. The molecule has 0 amide bonds. The van der Waals surface area contributed by atoms with Crippen molar-refractivity contribution in [1.82, 2.24) is 0 Å². The standard InChI is InChI=1S/C23H29.C19H22.C5H5.2ClH.Zr/c1-14-9-16-11-17-10-15(2)21(23(6,7)8)13-19(17)18(16)12-20(14)22(3,4)5;1-18(2,16-11-7-5-8-12-16)15-19(3,4)17-13-9-6-10-14-17;1-2-4-5-3-1;;;/h9,12-13H,11H2,1-8H3;5-14H,1-4H3;1-3H,4H2;2*1H;/q-1;;-1;;;+2. The second-order valence-electron chi connectivity index (χ2n) is 16.6. The molecule has 3 heteroatoms. The minimum absolute atomic E-state index is 0. The Morgan fingerprint density at radius 1 is 0.640 bits per heavy atom. The summed E-state index contributed by atoms with van der Waals surface area (Å²) in [4.78, 5) is 0. The van der Waals surface area contributed by atoms with Crippen LogP contribution in [0.15, 0.2) is 97.1 Å². The monoisotopic (exact) mass is 782 g/mol. The third-order valence-electron chi connectivity index (χ3n) is 9.91. The molecule has 2 aliphatic carbocycles. The summed E-state index contributed by atoms with van der Waals surface area (Å²) < 4.78 is 1.58. The van der Waals surface area contributed by atoms with Crippen molar-refractivity contribution in [2.45, 2.75) is 118 Å². The Kier molecular flexibility index (Phi) is 15.3. The van der Waals surface area contributed by atoms with E-state index >= 15 is 0 Å². The molecule has 0 unspecified atom stereocenters. The predicted octanol–water partition coefficient (Wildman–Crippen LogP) is 13.1. The first-order valence-corrected chi connectivity index (χ1v) is 18.7. The number of hydrogen-bond acceptors (Lipinski definition) is 0. The Balaban J connectivity index is 0.000000295. The summed E-state index contributed by atoms with van der Waals surface area (Å²) in [6, 6.07) is 32.6. The molecule has 0 heterocycles. The average molecular weight is 785 g/mol. The van der Waals surface area contributed by atoms with Gasteiger partial charge in [0.2, 0.25) is 0 Å². The number of hydrogen-bond donors (Lipinski definition) is 0. The topological polar surface area (TPSA) is 0 Å². The van der Waals surface area contributed by atoms with Crippen molar-refractivity contribution >= 4 is 28.0 Å². The van der Waals surface area contributed by atoms with E-state index in [0.29, 0.717) is 0 Å². The molecule has 0 radical (unpaired) electrons. The summed E-state index contributed by atoms with van der Waals surface area (Å²) in [5.74, 6) is 0. The maximum Gasteiger partial charge on any atom is -0.0129 e. The summed E-state index contributed by atoms with van der Waals surface area (Å²) in [5.41, 5.74) is 14.6. The van der Waals surface area contributed by atoms with Crippen LogP contribution in [0.4, 0.5) is 0 Å². The Bertz CT molecular complexity index is 1660. The molecule has 0 saturated carbocycles. The molecular weight excluding hydrogens is 727 g/mol. The van der Waals surface area contributed by atoms with Crippen LogP contribution in [0.25, 0.3) is 11.1 Å². The molecule has 0 N–H and O–H groups in total. The van der Waals surface area contributed by atoms with Gasteiger partial charge in [0.15, 0.2) is 0 Å². The first kappa shape index (κ1) is 43.9. The van der Waals surface area contributed by atoms with Gasteiger partial charge in [0.05, 0.1) is 0 Å². The Morgan fingerprint density at radius 3 is 1.52 bits per heavy atom. The normalized spacial score (nSPS) is 13.1. The molecule has 6 rings (SSSR count). The zero-order valence-corrected chi connectivity index (χ0v) is 36.6. The van der Waals surface area contributed by atoms with Crippen LogP contribution in [-0.2, 0) is 52.3 Å². The first-order valence-electron chi connectivity index (χ1n) is 17.5. The van der Waals surface area contributed by atoms with Crippen molar-refractivity contribution in [3.05, 3.63) is 154 Å². The number of fused-ring (bicyclic) bond motifs is 3. The molecule has 4 aromatic carbocycles. The van der Waals surface area contributed by atoms with Gasteiger partial charge in [0.25, 0.3) is 0 Å². The van der Waals surface area contributed by atoms with Gasteiger partial charge in [-0.05, 0) is 35.4 Å². The van der Waals surface area contributed by atoms with E-state index in [0.717, 1.165) is 12.8 Å². The van der Waals surface area contributed by atoms with E-state index in [4.69, 9.17) is 0 Å². The van der Waals surface area contributed by atoms with Gasteiger partial charge in [-0.25, -0.2) is 12.2 Å². The number of rotatable bonds is 4. The maximum atomic E-state index is 3.69. The van der Waals surface area contributed by atoms with Crippen LogP contribution in [0.2, 0.25) is 0 Å². The number of allylic oxidation sites excluding steroid dienone is 4. The van der Waals surface area contributed by atoms with Crippen LogP contribution < -0.4 is 0 Å². The van der Waals surface area contributed by atoms with E-state index in [1.165, 1.54) is 79.9 Å². The molecule has 2 aliphatic rings. The fourth-order valence-electron chi connectivity index (χ4n) is 7.14. The Hall–Kier alpha value is -2.31. The summed E-state index contributed by atoms with van der Waals surface area (Å²) in [7, 11) is 0. The molecule has 4 aromatic rings. The second kappa shape index (κ2) is 17.5. The van der Waals surface area contributed by atoms with Crippen molar-refractivity contribution in [1.29, 1.82) is 0 Å². The maximum absolute atomic E-state index is 3.69. The molecule has 0 bridgehead atoms. The van der Waals surface area contributed by atoms with E-state index in [-0.39, 0.29) is 46.5 Å². The molecule has 0 saturated heterocycles. The van der Waals surface area contributed by atoms with E-state index in [1.54, 1.807) is 3.21 Å². The van der Waals surface area contributed by atoms with Gasteiger partial charge in [-0.3, -0.25) is 6.08 Å². The van der Waals surface area contributed by atoms with Gasteiger partial charge in [0, 0.05) is 0 Å². The number of halogens is 2. The van der Waals surface area contributed by atoms with Gasteiger partial charge in [-0.15, -0.1) is 47.9 Å². The zero-order chi connectivity index (χ0) is 35.5. The third-order valence-corrected chi connectivity index (χ3v) is 13.0. The summed E-state index contributed by atoms with van der Waals surface area (Å²) in [5, 5.41) is 0. The van der Waals surface area contributed by atoms with Crippen LogP contribution in [-0.4, -0.2) is 3.21 Å². The average Bonchev–Trinajstić information content (AvgIpc) is 3.72. The van der Waals surface area contributed by atoms with Gasteiger partial charge in [-0.1, -0.05) is 71.6 Å². The summed E-state index contributed by atoms with van der Waals surface area (Å²) in [6.07, 6.45) is 11.0. The zero-order valence-electron chi connectivity index (χ0n) is 32.5. The molecule has 50 heavy (non-hydrogen) atoms. The fourth-order valence-corrected chi connectivity index (χ4v) is 7.85. The van der Waals surface area contributed by atoms with Gasteiger partial charge < -0.3 is 0 Å². The third kappa shape index (κ3) is 10.2. The first-order chi connectivity index (χ1) is 22.3. The van der Waals surface area contributed by atoms with E-state index in [2.05, 4.69) is 180 Å². The van der Waals surface area contributed by atoms with Crippen molar-refractivity contribution in [2.24, 2.45) is 0 Å². The van der Waals surface area contributed by atoms with E-state index < -0.39 is 0 Å². The molecule has 264 valence electrons. The molecule has 0 nitrogen and oxygen atoms in total. The second-order valence-corrected chi connectivity index (χ2v) is 17.8. The van der Waals surface area contributed by atoms with Crippen molar-refractivity contribution in [2.75, 3.05) is 0 Å². The summed E-state index contributed by atoms with van der Waals surface area (Å²) >= 11 is 1.51. The number of aryl methyl sites for hydroxylation is 2. The van der Waals surface area contributed by atoms with Crippen molar-refractivity contribution in [3.8, 4) is 11.1 Å². The molecule has 0 fully saturated rings. The summed E-state index contributed by atoms with van der Waals surface area (Å²) in [6.45, 7) is 27.6. The minimum Gasteiger partial charge on any atom is -0.273 e. The molecular formula is C47H58Cl2Zr. The minimum atomic E-state index is 0.